The second-order valence-corrected chi connectivity index (χ2v) is 15.6. The zero-order valence-electron chi connectivity index (χ0n) is 23.9. The summed E-state index contributed by atoms with van der Waals surface area (Å²) >= 11 is 6.47. The predicted molar refractivity (Wildman–Crippen MR) is 167 cm³/mol. The maximum absolute atomic E-state index is 13.4. The third kappa shape index (κ3) is 7.22. The number of benzene rings is 2. The van der Waals surface area contributed by atoms with Crippen LogP contribution in [0.5, 0.6) is 5.75 Å². The number of piperazine rings is 1. The lowest BCUT2D eigenvalue weighted by Crippen LogP contribution is -2.43. The highest BCUT2D eigenvalue weighted by molar-refractivity contribution is 7.92. The van der Waals surface area contributed by atoms with Gasteiger partial charge in [0.15, 0.2) is 15.7 Å². The van der Waals surface area contributed by atoms with Gasteiger partial charge < -0.3 is 20.3 Å². The molecule has 40 heavy (non-hydrogen) atoms. The first-order chi connectivity index (χ1) is 19.0. The van der Waals surface area contributed by atoms with Crippen molar-refractivity contribution in [2.75, 3.05) is 64.3 Å². The average Bonchev–Trinajstić information content (AvgIpc) is 2.92. The Bertz CT molecular complexity index is 1450. The number of rotatable bonds is 10. The van der Waals surface area contributed by atoms with Gasteiger partial charge in [0, 0.05) is 32.7 Å². The summed E-state index contributed by atoms with van der Waals surface area (Å²) in [5.41, 5.74) is 2.08. The molecule has 4 rings (SSSR count). The van der Waals surface area contributed by atoms with Crippen LogP contribution in [-0.2, 0) is 16.4 Å². The van der Waals surface area contributed by atoms with Crippen LogP contribution in [0.25, 0.3) is 0 Å². The summed E-state index contributed by atoms with van der Waals surface area (Å²) in [4.78, 5) is 13.7. The van der Waals surface area contributed by atoms with Crippen molar-refractivity contribution in [3.63, 3.8) is 0 Å². The summed E-state index contributed by atoms with van der Waals surface area (Å²) in [5.74, 6) is 1.28. The van der Waals surface area contributed by atoms with Crippen molar-refractivity contribution in [3.8, 4) is 5.75 Å². The van der Waals surface area contributed by atoms with E-state index < -0.39 is 15.1 Å². The van der Waals surface area contributed by atoms with Crippen LogP contribution in [0.4, 0.5) is 23.1 Å². The van der Waals surface area contributed by atoms with E-state index in [1.165, 1.54) is 11.5 Å². The van der Waals surface area contributed by atoms with Crippen LogP contribution in [0.2, 0.25) is 5.02 Å². The second kappa shape index (κ2) is 13.0. The minimum absolute atomic E-state index is 0.228. The molecule has 1 aliphatic rings. The molecule has 0 aliphatic carbocycles. The minimum Gasteiger partial charge on any atom is -0.495 e. The molecule has 1 aromatic heterocycles. The monoisotopic (exact) mass is 604 g/mol. The number of nitrogens with zero attached hydrogens (tertiary/aromatic N) is 4. The van der Waals surface area contributed by atoms with Crippen molar-refractivity contribution < 1.29 is 13.2 Å². The van der Waals surface area contributed by atoms with Crippen LogP contribution < -0.4 is 20.7 Å². The van der Waals surface area contributed by atoms with Gasteiger partial charge in [0.05, 0.1) is 34.8 Å². The molecule has 0 bridgehead atoms. The molecular formula is C28H38ClN6O3PS. The summed E-state index contributed by atoms with van der Waals surface area (Å²) in [6, 6.07) is 11.5. The maximum atomic E-state index is 13.4. The van der Waals surface area contributed by atoms with Crippen molar-refractivity contribution in [3.05, 3.63) is 53.2 Å². The molecule has 0 amide bonds. The largest absolute Gasteiger partial charge is 0.495 e. The van der Waals surface area contributed by atoms with Gasteiger partial charge in [-0.15, -0.1) is 0 Å². The van der Waals surface area contributed by atoms with Gasteiger partial charge in [-0.25, -0.2) is 13.4 Å². The van der Waals surface area contributed by atoms with Gasteiger partial charge in [-0.05, 0) is 69.4 Å². The Morgan fingerprint density at radius 1 is 1.05 bits per heavy atom. The van der Waals surface area contributed by atoms with Crippen LogP contribution in [0.1, 0.15) is 19.4 Å². The number of ether oxygens (including phenoxy) is 1. The van der Waals surface area contributed by atoms with Gasteiger partial charge in [0.2, 0.25) is 5.95 Å². The molecule has 1 aliphatic heterocycles. The normalized spacial score (nSPS) is 15.0. The number of anilines is 4. The second-order valence-electron chi connectivity index (χ2n) is 10.4. The third-order valence-electron chi connectivity index (χ3n) is 6.92. The Labute approximate surface area is 244 Å². The zero-order valence-corrected chi connectivity index (χ0v) is 26.4. The lowest BCUT2D eigenvalue weighted by Gasteiger charge is -2.32. The molecule has 1 saturated heterocycles. The van der Waals surface area contributed by atoms with E-state index in [9.17, 15) is 8.42 Å². The molecule has 12 heteroatoms. The Balaban J connectivity index is 1.63. The van der Waals surface area contributed by atoms with Crippen molar-refractivity contribution in [2.45, 2.75) is 30.5 Å². The Morgan fingerprint density at radius 3 is 2.40 bits per heavy atom. The predicted octanol–water partition coefficient (Wildman–Crippen LogP) is 4.92. The first kappa shape index (κ1) is 30.5. The highest BCUT2D eigenvalue weighted by Crippen LogP contribution is 2.34. The van der Waals surface area contributed by atoms with E-state index in [1.807, 2.05) is 18.2 Å². The Morgan fingerprint density at radius 2 is 1.75 bits per heavy atom. The number of sulfone groups is 1. The molecule has 216 valence electrons. The molecule has 2 N–H and O–H groups in total. The Hall–Kier alpha value is -2.49. The summed E-state index contributed by atoms with van der Waals surface area (Å²) in [5, 5.41) is 7.26. The van der Waals surface area contributed by atoms with Gasteiger partial charge in [0.1, 0.15) is 10.8 Å². The molecule has 3 aromatic rings. The van der Waals surface area contributed by atoms with Crippen molar-refractivity contribution in [1.29, 1.82) is 0 Å². The number of nitrogens with one attached hydrogen (secondary N) is 2. The molecule has 9 nitrogen and oxygen atoms in total. The number of aromatic nitrogens is 2. The van der Waals surface area contributed by atoms with Gasteiger partial charge in [-0.3, -0.25) is 4.90 Å². The molecule has 0 spiro atoms. The molecule has 2 heterocycles. The summed E-state index contributed by atoms with van der Waals surface area (Å²) in [7, 11) is -0.135. The number of halogens is 1. The summed E-state index contributed by atoms with van der Waals surface area (Å²) in [6.45, 7) is 12.3. The summed E-state index contributed by atoms with van der Waals surface area (Å²) < 4.78 is 32.4. The molecule has 2 aromatic carbocycles. The highest BCUT2D eigenvalue weighted by Gasteiger charge is 2.25. The van der Waals surface area contributed by atoms with Crippen LogP contribution >= 0.6 is 19.5 Å². The number of hydrogen-bond acceptors (Lipinski definition) is 9. The number of methoxy groups -OCH3 is 1. The standard InChI is InChI=1S/C28H38ClN6O3PS/c1-19(2)40(36,37)26-15-20(18-35-13-11-34(3)12-14-35)7-9-24(26)31-27-22(29)17-30-28(33-27)32-23-10-8-21(39(5)6)16-25(23)38-4/h7-10,15-17,19H,11-14,18H2,1-6H3,(H2,30,31,32,33). The maximum Gasteiger partial charge on any atom is 0.229 e. The molecular weight excluding hydrogens is 567 g/mol. The Kier molecular flexibility index (Phi) is 9.90. The van der Waals surface area contributed by atoms with Gasteiger partial charge in [-0.2, -0.15) is 4.98 Å². The van der Waals surface area contributed by atoms with E-state index in [-0.39, 0.29) is 17.8 Å². The number of hydrogen-bond donors (Lipinski definition) is 2. The first-order valence-corrected chi connectivity index (χ1v) is 17.3. The number of likely N-dealkylation sites (N-methyl/N-ethyl adjacent to an activating group) is 1. The van der Waals surface area contributed by atoms with Crippen LogP contribution in [0.3, 0.4) is 0 Å². The molecule has 0 radical (unpaired) electrons. The third-order valence-corrected chi connectivity index (χ3v) is 10.7. The molecule has 1 fully saturated rings. The van der Waals surface area contributed by atoms with Gasteiger partial charge >= 0.3 is 0 Å². The highest BCUT2D eigenvalue weighted by atomic mass is 35.5. The van der Waals surface area contributed by atoms with Crippen LogP contribution in [-0.4, -0.2) is 87.1 Å². The van der Waals surface area contributed by atoms with E-state index in [0.717, 1.165) is 31.7 Å². The lowest BCUT2D eigenvalue weighted by atomic mass is 10.1. The van der Waals surface area contributed by atoms with Crippen molar-refractivity contribution >= 4 is 57.8 Å². The molecule has 0 unspecified atom stereocenters. The van der Waals surface area contributed by atoms with Crippen LogP contribution in [0, 0.1) is 0 Å². The molecule has 0 saturated carbocycles. The van der Waals surface area contributed by atoms with E-state index in [0.29, 0.717) is 35.4 Å². The summed E-state index contributed by atoms with van der Waals surface area (Å²) in [6.07, 6.45) is 1.48. The van der Waals surface area contributed by atoms with Crippen molar-refractivity contribution in [2.24, 2.45) is 0 Å². The SMILES string of the molecule is COc1cc(P(C)C)ccc1Nc1ncc(Cl)c(Nc2ccc(CN3CCN(C)CC3)cc2S(=O)(=O)C(C)C)n1. The van der Waals surface area contributed by atoms with E-state index in [4.69, 9.17) is 16.3 Å². The quantitative estimate of drug-likeness (QED) is 0.312. The fraction of sp³-hybridized carbons (Fsp3) is 0.429. The van der Waals surface area contributed by atoms with Crippen molar-refractivity contribution in [1.82, 2.24) is 19.8 Å². The van der Waals surface area contributed by atoms with E-state index >= 15 is 0 Å². The molecule has 0 atom stereocenters. The average molecular weight is 605 g/mol. The van der Waals surface area contributed by atoms with Gasteiger partial charge in [-0.1, -0.05) is 31.7 Å². The minimum atomic E-state index is -3.60. The smallest absolute Gasteiger partial charge is 0.229 e. The van der Waals surface area contributed by atoms with Gasteiger partial charge in [0.25, 0.3) is 0 Å². The van der Waals surface area contributed by atoms with Crippen LogP contribution in [0.15, 0.2) is 47.5 Å². The van der Waals surface area contributed by atoms with E-state index in [1.54, 1.807) is 33.1 Å². The first-order valence-electron chi connectivity index (χ1n) is 13.2. The van der Waals surface area contributed by atoms with E-state index in [2.05, 4.69) is 56.8 Å². The fourth-order valence-electron chi connectivity index (χ4n) is 4.35. The fourth-order valence-corrected chi connectivity index (χ4v) is 6.48. The lowest BCUT2D eigenvalue weighted by molar-refractivity contribution is 0.148. The topological polar surface area (TPSA) is 99.7 Å². The zero-order chi connectivity index (χ0) is 29.0.